The van der Waals surface area contributed by atoms with Crippen LogP contribution in [-0.2, 0) is 6.54 Å². The fourth-order valence-corrected chi connectivity index (χ4v) is 3.17. The Bertz CT molecular complexity index is 936. The fourth-order valence-electron chi connectivity index (χ4n) is 2.45. The standard InChI is InChI=1S/C20H19FN2O2S/c1-2-3-4-10-25-17-7-5-6-15(19(17)21)12-22-20(24)14-8-9-16-18(11-14)26-13-23-16/h3-9,11,13H,2,10,12H2,1H3,(H,22,24)/b4-3+. The Hall–Kier alpha value is -2.73. The van der Waals surface area contributed by atoms with Crippen LogP contribution in [0.15, 0.2) is 54.1 Å². The Balaban J connectivity index is 1.65. The minimum atomic E-state index is -0.449. The highest BCUT2D eigenvalue weighted by Crippen LogP contribution is 2.21. The number of carbonyl (C=O) groups excluding carboxylic acids is 1. The minimum absolute atomic E-state index is 0.0907. The number of ether oxygens (including phenoxy) is 1. The summed E-state index contributed by atoms with van der Waals surface area (Å²) in [5.41, 5.74) is 3.51. The third-order valence-corrected chi connectivity index (χ3v) is 4.61. The monoisotopic (exact) mass is 370 g/mol. The Morgan fingerprint density at radius 2 is 2.19 bits per heavy atom. The highest BCUT2D eigenvalue weighted by molar-refractivity contribution is 7.16. The summed E-state index contributed by atoms with van der Waals surface area (Å²) in [4.78, 5) is 16.5. The van der Waals surface area contributed by atoms with E-state index in [0.717, 1.165) is 16.6 Å². The smallest absolute Gasteiger partial charge is 0.251 e. The van der Waals surface area contributed by atoms with Gasteiger partial charge in [0.2, 0.25) is 0 Å². The van der Waals surface area contributed by atoms with Crippen LogP contribution < -0.4 is 10.1 Å². The van der Waals surface area contributed by atoms with Crippen molar-refractivity contribution in [3.8, 4) is 5.75 Å². The summed E-state index contributed by atoms with van der Waals surface area (Å²) in [6.45, 7) is 2.43. The van der Waals surface area contributed by atoms with Crippen molar-refractivity contribution in [3.63, 3.8) is 0 Å². The van der Waals surface area contributed by atoms with Crippen LogP contribution in [0.1, 0.15) is 29.3 Å². The van der Waals surface area contributed by atoms with Gasteiger partial charge < -0.3 is 10.1 Å². The van der Waals surface area contributed by atoms with E-state index in [-0.39, 0.29) is 18.2 Å². The lowest BCUT2D eigenvalue weighted by molar-refractivity contribution is 0.0950. The number of halogens is 1. The second-order valence-corrected chi connectivity index (χ2v) is 6.52. The van der Waals surface area contributed by atoms with Gasteiger partial charge in [0.25, 0.3) is 5.91 Å². The largest absolute Gasteiger partial charge is 0.486 e. The molecule has 0 atom stereocenters. The summed E-state index contributed by atoms with van der Waals surface area (Å²) >= 11 is 1.48. The van der Waals surface area contributed by atoms with E-state index in [0.29, 0.717) is 17.7 Å². The van der Waals surface area contributed by atoms with Gasteiger partial charge in [-0.2, -0.15) is 0 Å². The summed E-state index contributed by atoms with van der Waals surface area (Å²) < 4.78 is 20.9. The van der Waals surface area contributed by atoms with E-state index in [1.54, 1.807) is 41.9 Å². The molecule has 0 aliphatic rings. The highest BCUT2D eigenvalue weighted by atomic mass is 32.1. The summed E-state index contributed by atoms with van der Waals surface area (Å²) in [5, 5.41) is 2.75. The molecule has 0 bridgehead atoms. The van der Waals surface area contributed by atoms with Gasteiger partial charge in [-0.3, -0.25) is 4.79 Å². The molecule has 0 aliphatic carbocycles. The van der Waals surface area contributed by atoms with Crippen molar-refractivity contribution in [1.82, 2.24) is 10.3 Å². The van der Waals surface area contributed by atoms with Gasteiger partial charge in [0.05, 0.1) is 15.7 Å². The lowest BCUT2D eigenvalue weighted by Gasteiger charge is -2.10. The number of hydrogen-bond donors (Lipinski definition) is 1. The first-order chi connectivity index (χ1) is 12.7. The van der Waals surface area contributed by atoms with Gasteiger partial charge in [-0.05, 0) is 30.7 Å². The molecule has 0 saturated heterocycles. The average Bonchev–Trinajstić information content (AvgIpc) is 3.13. The second-order valence-electron chi connectivity index (χ2n) is 5.64. The molecule has 0 saturated carbocycles. The minimum Gasteiger partial charge on any atom is -0.486 e. The maximum atomic E-state index is 14.5. The van der Waals surface area contributed by atoms with Crippen LogP contribution in [0.5, 0.6) is 5.75 Å². The van der Waals surface area contributed by atoms with Gasteiger partial charge in [0, 0.05) is 17.7 Å². The number of aromatic nitrogens is 1. The van der Waals surface area contributed by atoms with Crippen LogP contribution in [0.3, 0.4) is 0 Å². The maximum Gasteiger partial charge on any atom is 0.251 e. The van der Waals surface area contributed by atoms with E-state index in [9.17, 15) is 9.18 Å². The van der Waals surface area contributed by atoms with Gasteiger partial charge in [-0.25, -0.2) is 9.37 Å². The topological polar surface area (TPSA) is 51.2 Å². The summed E-state index contributed by atoms with van der Waals surface area (Å²) in [7, 11) is 0. The molecule has 1 N–H and O–H groups in total. The van der Waals surface area contributed by atoms with Gasteiger partial charge >= 0.3 is 0 Å². The third-order valence-electron chi connectivity index (χ3n) is 3.81. The molecule has 4 nitrogen and oxygen atoms in total. The van der Waals surface area contributed by atoms with Crippen LogP contribution in [0.2, 0.25) is 0 Å². The molecule has 0 unspecified atom stereocenters. The Kier molecular flexibility index (Phi) is 5.96. The molecule has 3 aromatic rings. The summed E-state index contributed by atoms with van der Waals surface area (Å²) in [5.74, 6) is -0.518. The maximum absolute atomic E-state index is 14.5. The van der Waals surface area contributed by atoms with Crippen molar-refractivity contribution in [2.24, 2.45) is 0 Å². The number of carbonyl (C=O) groups is 1. The molecule has 0 spiro atoms. The average molecular weight is 370 g/mol. The predicted molar refractivity (Wildman–Crippen MR) is 102 cm³/mol. The van der Waals surface area contributed by atoms with Crippen LogP contribution >= 0.6 is 11.3 Å². The number of hydrogen-bond acceptors (Lipinski definition) is 4. The van der Waals surface area contributed by atoms with Gasteiger partial charge in [0.1, 0.15) is 6.61 Å². The number of nitrogens with one attached hydrogen (secondary N) is 1. The second kappa shape index (κ2) is 8.58. The number of rotatable bonds is 7. The molecule has 6 heteroatoms. The molecular weight excluding hydrogens is 351 g/mol. The van der Waals surface area contributed by atoms with Crippen molar-refractivity contribution in [2.45, 2.75) is 19.9 Å². The first kappa shape index (κ1) is 18.1. The normalized spacial score (nSPS) is 11.2. The van der Waals surface area contributed by atoms with Crippen LogP contribution in [-0.4, -0.2) is 17.5 Å². The Morgan fingerprint density at radius 3 is 3.04 bits per heavy atom. The number of benzene rings is 2. The van der Waals surface area contributed by atoms with Crippen LogP contribution in [0.4, 0.5) is 4.39 Å². The van der Waals surface area contributed by atoms with Crippen molar-refractivity contribution < 1.29 is 13.9 Å². The molecule has 2 aromatic carbocycles. The lowest BCUT2D eigenvalue weighted by atomic mass is 10.1. The Labute approximate surface area is 155 Å². The zero-order valence-corrected chi connectivity index (χ0v) is 15.2. The third kappa shape index (κ3) is 4.26. The van der Waals surface area contributed by atoms with Crippen molar-refractivity contribution >= 4 is 27.5 Å². The van der Waals surface area contributed by atoms with Gasteiger partial charge in [-0.15, -0.1) is 11.3 Å². The van der Waals surface area contributed by atoms with Gasteiger partial charge in [-0.1, -0.05) is 31.2 Å². The first-order valence-corrected chi connectivity index (χ1v) is 9.23. The summed E-state index contributed by atoms with van der Waals surface area (Å²) in [6, 6.07) is 10.2. The molecule has 1 aromatic heterocycles. The molecule has 1 heterocycles. The van der Waals surface area contributed by atoms with E-state index in [1.165, 1.54) is 11.3 Å². The predicted octanol–water partition coefficient (Wildman–Crippen LogP) is 4.71. The molecule has 134 valence electrons. The number of amides is 1. The van der Waals surface area contributed by atoms with Crippen LogP contribution in [0, 0.1) is 5.82 Å². The first-order valence-electron chi connectivity index (χ1n) is 8.35. The summed E-state index contributed by atoms with van der Waals surface area (Å²) in [6.07, 6.45) is 4.72. The SMILES string of the molecule is CC/C=C/COc1cccc(CNC(=O)c2ccc3ncsc3c2)c1F. The molecule has 0 fully saturated rings. The Morgan fingerprint density at radius 1 is 1.31 bits per heavy atom. The zero-order valence-electron chi connectivity index (χ0n) is 14.4. The number of fused-ring (bicyclic) bond motifs is 1. The van der Waals surface area contributed by atoms with E-state index >= 15 is 0 Å². The highest BCUT2D eigenvalue weighted by Gasteiger charge is 2.12. The van der Waals surface area contributed by atoms with E-state index in [1.807, 2.05) is 19.1 Å². The van der Waals surface area contributed by atoms with E-state index < -0.39 is 5.82 Å². The van der Waals surface area contributed by atoms with Crippen molar-refractivity contribution in [2.75, 3.05) is 6.61 Å². The van der Waals surface area contributed by atoms with Crippen molar-refractivity contribution in [1.29, 1.82) is 0 Å². The van der Waals surface area contributed by atoms with Gasteiger partial charge in [0.15, 0.2) is 11.6 Å². The van der Waals surface area contributed by atoms with Crippen molar-refractivity contribution in [3.05, 3.63) is 71.0 Å². The zero-order chi connectivity index (χ0) is 18.4. The number of thiazole rings is 1. The molecule has 1 amide bonds. The lowest BCUT2D eigenvalue weighted by Crippen LogP contribution is -2.23. The quantitative estimate of drug-likeness (QED) is 0.613. The molecular formula is C20H19FN2O2S. The molecule has 0 aliphatic heterocycles. The molecule has 3 rings (SSSR count). The van der Waals surface area contributed by atoms with E-state index in [2.05, 4.69) is 10.3 Å². The fraction of sp³-hybridized carbons (Fsp3) is 0.200. The number of allylic oxidation sites excluding steroid dienone is 1. The number of nitrogens with zero attached hydrogens (tertiary/aromatic N) is 1. The molecule has 0 radical (unpaired) electrons. The van der Waals surface area contributed by atoms with Crippen LogP contribution in [0.25, 0.3) is 10.2 Å². The molecule has 26 heavy (non-hydrogen) atoms. The van der Waals surface area contributed by atoms with E-state index in [4.69, 9.17) is 4.74 Å².